The van der Waals surface area contributed by atoms with Gasteiger partial charge in [-0.3, -0.25) is 0 Å². The lowest BCUT2D eigenvalue weighted by Gasteiger charge is -2.19. The van der Waals surface area contributed by atoms with Gasteiger partial charge in [-0.05, 0) is 18.9 Å². The second kappa shape index (κ2) is 6.84. The summed E-state index contributed by atoms with van der Waals surface area (Å²) in [6.07, 6.45) is 2.05. The summed E-state index contributed by atoms with van der Waals surface area (Å²) in [5.74, 6) is 0.379. The number of likely N-dealkylation sites (N-methyl/N-ethyl adjacent to an activating group) is 1. The quantitative estimate of drug-likeness (QED) is 0.879. The molecule has 0 saturated heterocycles. The van der Waals surface area contributed by atoms with Crippen LogP contribution in [0.25, 0.3) is 0 Å². The Bertz CT molecular complexity index is 545. The van der Waals surface area contributed by atoms with Gasteiger partial charge in [0.1, 0.15) is 0 Å². The number of hydrogen-bond acceptors (Lipinski definition) is 4. The lowest BCUT2D eigenvalue weighted by Crippen LogP contribution is -2.23. The number of halogens is 1. The van der Waals surface area contributed by atoms with Crippen molar-refractivity contribution in [3.63, 3.8) is 0 Å². The van der Waals surface area contributed by atoms with Crippen LogP contribution >= 0.6 is 0 Å². The third-order valence-electron chi connectivity index (χ3n) is 3.00. The molecule has 1 N–H and O–H groups in total. The number of hydrogen-bond donors (Lipinski definition) is 1. The Morgan fingerprint density at radius 3 is 2.70 bits per heavy atom. The van der Waals surface area contributed by atoms with E-state index >= 15 is 0 Å². The summed E-state index contributed by atoms with van der Waals surface area (Å²) in [7, 11) is 1.84. The van der Waals surface area contributed by atoms with Gasteiger partial charge in [-0.2, -0.15) is 4.98 Å². The first-order valence-corrected chi connectivity index (χ1v) is 6.72. The van der Waals surface area contributed by atoms with Crippen LogP contribution in [0.3, 0.4) is 0 Å². The molecule has 0 bridgehead atoms. The largest absolute Gasteiger partial charge is 0.357 e. The van der Waals surface area contributed by atoms with Gasteiger partial charge in [-0.15, -0.1) is 0 Å². The van der Waals surface area contributed by atoms with Crippen LogP contribution in [0.1, 0.15) is 12.5 Å². The molecule has 0 saturated carbocycles. The Hall–Kier alpha value is -2.17. The van der Waals surface area contributed by atoms with Crippen LogP contribution in [0.2, 0.25) is 0 Å². The Labute approximate surface area is 118 Å². The third-order valence-corrected chi connectivity index (χ3v) is 3.00. The molecule has 0 unspecified atom stereocenters. The SMILES string of the molecule is CCNc1ncc(F)c(N(C)CCc2ccccc2)n1. The summed E-state index contributed by atoms with van der Waals surface area (Å²) in [6.45, 7) is 3.35. The van der Waals surface area contributed by atoms with Crippen LogP contribution in [0.5, 0.6) is 0 Å². The molecule has 0 aliphatic carbocycles. The van der Waals surface area contributed by atoms with Gasteiger partial charge >= 0.3 is 0 Å². The zero-order chi connectivity index (χ0) is 14.4. The summed E-state index contributed by atoms with van der Waals surface area (Å²) in [5.41, 5.74) is 1.22. The molecular weight excluding hydrogens is 255 g/mol. The zero-order valence-corrected chi connectivity index (χ0v) is 11.8. The van der Waals surface area contributed by atoms with Crippen molar-refractivity contribution in [3.8, 4) is 0 Å². The van der Waals surface area contributed by atoms with Crippen LogP contribution in [0.4, 0.5) is 16.2 Å². The highest BCUT2D eigenvalue weighted by Crippen LogP contribution is 2.16. The molecule has 0 atom stereocenters. The highest BCUT2D eigenvalue weighted by atomic mass is 19.1. The molecule has 1 aromatic heterocycles. The second-order valence-corrected chi connectivity index (χ2v) is 4.55. The number of anilines is 2. The van der Waals surface area contributed by atoms with Crippen LogP contribution in [-0.4, -0.2) is 30.1 Å². The van der Waals surface area contributed by atoms with Crippen molar-refractivity contribution in [1.29, 1.82) is 0 Å². The highest BCUT2D eigenvalue weighted by Gasteiger charge is 2.11. The summed E-state index contributed by atoms with van der Waals surface area (Å²) in [4.78, 5) is 9.92. The Balaban J connectivity index is 2.04. The topological polar surface area (TPSA) is 41.1 Å². The molecule has 0 aliphatic heterocycles. The minimum absolute atomic E-state index is 0.326. The van der Waals surface area contributed by atoms with Gasteiger partial charge in [-0.25, -0.2) is 9.37 Å². The third kappa shape index (κ3) is 3.66. The van der Waals surface area contributed by atoms with E-state index in [9.17, 15) is 4.39 Å². The van der Waals surface area contributed by atoms with Crippen LogP contribution < -0.4 is 10.2 Å². The average Bonchev–Trinajstić information content (AvgIpc) is 2.48. The van der Waals surface area contributed by atoms with Crippen LogP contribution in [0, 0.1) is 5.82 Å². The minimum Gasteiger partial charge on any atom is -0.357 e. The predicted octanol–water partition coefficient (Wildman–Crippen LogP) is 2.73. The molecule has 0 radical (unpaired) electrons. The Morgan fingerprint density at radius 2 is 2.00 bits per heavy atom. The van der Waals surface area contributed by atoms with E-state index in [1.165, 1.54) is 11.8 Å². The normalized spacial score (nSPS) is 10.3. The molecule has 20 heavy (non-hydrogen) atoms. The van der Waals surface area contributed by atoms with E-state index in [0.717, 1.165) is 6.42 Å². The van der Waals surface area contributed by atoms with Gasteiger partial charge in [0.2, 0.25) is 5.95 Å². The average molecular weight is 274 g/mol. The second-order valence-electron chi connectivity index (χ2n) is 4.55. The van der Waals surface area contributed by atoms with Gasteiger partial charge in [-0.1, -0.05) is 30.3 Å². The lowest BCUT2D eigenvalue weighted by molar-refractivity contribution is 0.607. The van der Waals surface area contributed by atoms with Gasteiger partial charge in [0, 0.05) is 20.1 Å². The number of nitrogens with zero attached hydrogens (tertiary/aromatic N) is 3. The molecular formula is C15H19FN4. The van der Waals surface area contributed by atoms with E-state index in [4.69, 9.17) is 0 Å². The fourth-order valence-corrected chi connectivity index (χ4v) is 1.92. The van der Waals surface area contributed by atoms with Gasteiger partial charge in [0.25, 0.3) is 0 Å². The number of aromatic nitrogens is 2. The molecule has 0 spiro atoms. The molecule has 4 nitrogen and oxygen atoms in total. The predicted molar refractivity (Wildman–Crippen MR) is 79.6 cm³/mol. The van der Waals surface area contributed by atoms with E-state index in [0.29, 0.717) is 24.9 Å². The van der Waals surface area contributed by atoms with Crippen molar-refractivity contribution in [3.05, 3.63) is 47.9 Å². The van der Waals surface area contributed by atoms with Crippen LogP contribution in [0.15, 0.2) is 36.5 Å². The van der Waals surface area contributed by atoms with Gasteiger partial charge in [0.05, 0.1) is 6.20 Å². The fraction of sp³-hybridized carbons (Fsp3) is 0.333. The maximum absolute atomic E-state index is 13.8. The smallest absolute Gasteiger partial charge is 0.224 e. The minimum atomic E-state index is -0.401. The standard InChI is InChI=1S/C15H19FN4/c1-3-17-15-18-11-13(16)14(19-15)20(2)10-9-12-7-5-4-6-8-12/h4-8,11H,3,9-10H2,1-2H3,(H,17,18,19). The van der Waals surface area contributed by atoms with Crippen molar-refractivity contribution >= 4 is 11.8 Å². The number of benzene rings is 1. The lowest BCUT2D eigenvalue weighted by atomic mass is 10.1. The van der Waals surface area contributed by atoms with Crippen LogP contribution in [-0.2, 0) is 6.42 Å². The van der Waals surface area contributed by atoms with Crippen molar-refractivity contribution in [2.24, 2.45) is 0 Å². The fourth-order valence-electron chi connectivity index (χ4n) is 1.92. The molecule has 0 fully saturated rings. The van der Waals surface area contributed by atoms with E-state index in [1.807, 2.05) is 37.1 Å². The first-order chi connectivity index (χ1) is 9.70. The maximum atomic E-state index is 13.8. The summed E-state index contributed by atoms with van der Waals surface area (Å²) >= 11 is 0. The molecule has 0 aliphatic rings. The Morgan fingerprint density at radius 1 is 1.25 bits per heavy atom. The van der Waals surface area contributed by atoms with E-state index < -0.39 is 5.82 Å². The molecule has 1 heterocycles. The monoisotopic (exact) mass is 274 g/mol. The van der Waals surface area contributed by atoms with E-state index in [2.05, 4.69) is 27.4 Å². The van der Waals surface area contributed by atoms with Gasteiger partial charge < -0.3 is 10.2 Å². The first kappa shape index (κ1) is 14.2. The van der Waals surface area contributed by atoms with E-state index in [-0.39, 0.29) is 0 Å². The number of rotatable bonds is 6. The molecule has 1 aromatic carbocycles. The molecule has 2 rings (SSSR count). The first-order valence-electron chi connectivity index (χ1n) is 6.72. The summed E-state index contributed by atoms with van der Waals surface area (Å²) in [5, 5.41) is 2.99. The summed E-state index contributed by atoms with van der Waals surface area (Å²) in [6, 6.07) is 10.1. The molecule has 106 valence electrons. The number of nitrogens with one attached hydrogen (secondary N) is 1. The zero-order valence-electron chi connectivity index (χ0n) is 11.8. The van der Waals surface area contributed by atoms with E-state index in [1.54, 1.807) is 0 Å². The maximum Gasteiger partial charge on any atom is 0.224 e. The van der Waals surface area contributed by atoms with Crippen molar-refractivity contribution in [2.75, 3.05) is 30.4 Å². The van der Waals surface area contributed by atoms with Crippen molar-refractivity contribution in [1.82, 2.24) is 9.97 Å². The summed E-state index contributed by atoms with van der Waals surface area (Å²) < 4.78 is 13.8. The van der Waals surface area contributed by atoms with Crippen molar-refractivity contribution < 1.29 is 4.39 Å². The Kier molecular flexibility index (Phi) is 4.87. The molecule has 0 amide bonds. The van der Waals surface area contributed by atoms with Crippen molar-refractivity contribution in [2.45, 2.75) is 13.3 Å². The van der Waals surface area contributed by atoms with Gasteiger partial charge in [0.15, 0.2) is 11.6 Å². The highest BCUT2D eigenvalue weighted by molar-refractivity contribution is 5.43. The molecule has 5 heteroatoms. The molecule has 2 aromatic rings.